The molecule has 0 aromatic heterocycles. The lowest BCUT2D eigenvalue weighted by Crippen LogP contribution is -2.19. The molecule has 0 amide bonds. The summed E-state index contributed by atoms with van der Waals surface area (Å²) in [6.07, 6.45) is 0. The van der Waals surface area contributed by atoms with Crippen LogP contribution in [0.5, 0.6) is 5.75 Å². The number of benzene rings is 1. The van der Waals surface area contributed by atoms with Crippen LogP contribution in [0.2, 0.25) is 0 Å². The fraction of sp³-hybridized carbons (Fsp3) is 0.400. The third kappa shape index (κ3) is 5.47. The molecule has 0 saturated carbocycles. The number of nitrogens with zero attached hydrogens (tertiary/aromatic N) is 1. The van der Waals surface area contributed by atoms with Gasteiger partial charge in [0, 0.05) is 11.0 Å². The molecule has 0 fully saturated rings. The van der Waals surface area contributed by atoms with Gasteiger partial charge < -0.3 is 9.64 Å². The lowest BCUT2D eigenvalue weighted by molar-refractivity contribution is 0.261. The lowest BCUT2D eigenvalue weighted by Gasteiger charge is -2.10. The van der Waals surface area contributed by atoms with E-state index in [2.05, 4.69) is 20.8 Å². The molecule has 0 atom stereocenters. The molecule has 0 aliphatic heterocycles. The highest BCUT2D eigenvalue weighted by atomic mass is 79.9. The maximum Gasteiger partial charge on any atom is 0.119 e. The average Bonchev–Trinajstić information content (AvgIpc) is 2.08. The summed E-state index contributed by atoms with van der Waals surface area (Å²) in [7, 11) is 4.07. The third-order valence-corrected chi connectivity index (χ3v) is 2.15. The molecular weight excluding hydrogens is 265 g/mol. The second kappa shape index (κ2) is 7.10. The summed E-state index contributed by atoms with van der Waals surface area (Å²) < 4.78 is 6.59. The highest BCUT2D eigenvalue weighted by molar-refractivity contribution is 9.10. The summed E-state index contributed by atoms with van der Waals surface area (Å²) in [4.78, 5) is 2.10. The Kier molecular flexibility index (Phi) is 6.97. The third-order valence-electron chi connectivity index (χ3n) is 1.62. The van der Waals surface area contributed by atoms with Gasteiger partial charge in [-0.05, 0) is 38.4 Å². The van der Waals surface area contributed by atoms with Gasteiger partial charge >= 0.3 is 0 Å². The van der Waals surface area contributed by atoms with E-state index in [-0.39, 0.29) is 12.4 Å². The largest absolute Gasteiger partial charge is 0.492 e. The van der Waals surface area contributed by atoms with Gasteiger partial charge in [0.1, 0.15) is 12.4 Å². The Labute approximate surface area is 99.8 Å². The second-order valence-corrected chi connectivity index (χ2v) is 4.02. The molecule has 0 N–H and O–H groups in total. The number of likely N-dealkylation sites (N-methyl/N-ethyl adjacent to an activating group) is 1. The van der Waals surface area contributed by atoms with Gasteiger partial charge in [-0.15, -0.1) is 12.4 Å². The van der Waals surface area contributed by atoms with E-state index in [1.807, 2.05) is 38.4 Å². The number of hydrogen-bond donors (Lipinski definition) is 0. The molecule has 0 heterocycles. The van der Waals surface area contributed by atoms with Crippen LogP contribution in [-0.4, -0.2) is 32.1 Å². The van der Waals surface area contributed by atoms with Crippen LogP contribution in [-0.2, 0) is 0 Å². The minimum atomic E-state index is 0. The van der Waals surface area contributed by atoms with E-state index < -0.39 is 0 Å². The molecule has 14 heavy (non-hydrogen) atoms. The van der Waals surface area contributed by atoms with Gasteiger partial charge in [-0.1, -0.05) is 15.9 Å². The van der Waals surface area contributed by atoms with Gasteiger partial charge in [-0.3, -0.25) is 0 Å². The predicted octanol–water partition coefficient (Wildman–Crippen LogP) is 2.81. The molecule has 1 rings (SSSR count). The SMILES string of the molecule is CN(C)CCOc1ccc(Br)cc1.Cl. The Balaban J connectivity index is 0.00000169. The highest BCUT2D eigenvalue weighted by Crippen LogP contribution is 2.15. The Morgan fingerprint density at radius 1 is 1.21 bits per heavy atom. The van der Waals surface area contributed by atoms with Crippen LogP contribution in [0, 0.1) is 0 Å². The molecule has 1 aromatic carbocycles. The van der Waals surface area contributed by atoms with Crippen LogP contribution in [0.15, 0.2) is 28.7 Å². The van der Waals surface area contributed by atoms with E-state index >= 15 is 0 Å². The molecule has 1 aromatic rings. The molecule has 4 heteroatoms. The minimum absolute atomic E-state index is 0. The lowest BCUT2D eigenvalue weighted by atomic mass is 10.3. The van der Waals surface area contributed by atoms with Gasteiger partial charge in [0.05, 0.1) is 0 Å². The zero-order valence-corrected chi connectivity index (χ0v) is 10.8. The highest BCUT2D eigenvalue weighted by Gasteiger charge is 1.94. The number of rotatable bonds is 4. The quantitative estimate of drug-likeness (QED) is 0.841. The van der Waals surface area contributed by atoms with Crippen molar-refractivity contribution in [2.45, 2.75) is 0 Å². The molecule has 2 nitrogen and oxygen atoms in total. The van der Waals surface area contributed by atoms with Crippen LogP contribution in [0.25, 0.3) is 0 Å². The maximum atomic E-state index is 5.51. The molecule has 0 spiro atoms. The molecule has 80 valence electrons. The zero-order chi connectivity index (χ0) is 9.68. The van der Waals surface area contributed by atoms with Crippen molar-refractivity contribution in [1.82, 2.24) is 4.90 Å². The van der Waals surface area contributed by atoms with Crippen molar-refractivity contribution < 1.29 is 4.74 Å². The van der Waals surface area contributed by atoms with Gasteiger partial charge in [-0.2, -0.15) is 0 Å². The summed E-state index contributed by atoms with van der Waals surface area (Å²) in [6.45, 7) is 1.67. The van der Waals surface area contributed by atoms with Crippen molar-refractivity contribution in [3.63, 3.8) is 0 Å². The summed E-state index contributed by atoms with van der Waals surface area (Å²) in [5, 5.41) is 0. The Hall–Kier alpha value is -0.250. The van der Waals surface area contributed by atoms with Crippen molar-refractivity contribution in [3.8, 4) is 5.75 Å². The van der Waals surface area contributed by atoms with E-state index in [0.717, 1.165) is 23.4 Å². The van der Waals surface area contributed by atoms with E-state index in [4.69, 9.17) is 4.74 Å². The first-order valence-electron chi connectivity index (χ1n) is 4.21. The second-order valence-electron chi connectivity index (χ2n) is 3.11. The van der Waals surface area contributed by atoms with Crippen LogP contribution < -0.4 is 4.74 Å². The number of ether oxygens (including phenoxy) is 1. The summed E-state index contributed by atoms with van der Waals surface area (Å²) >= 11 is 3.37. The van der Waals surface area contributed by atoms with Crippen molar-refractivity contribution in [2.24, 2.45) is 0 Å². The van der Waals surface area contributed by atoms with Crippen LogP contribution in [0.3, 0.4) is 0 Å². The molecule has 0 unspecified atom stereocenters. The monoisotopic (exact) mass is 279 g/mol. The van der Waals surface area contributed by atoms with Gasteiger partial charge in [-0.25, -0.2) is 0 Å². The minimum Gasteiger partial charge on any atom is -0.492 e. The summed E-state index contributed by atoms with van der Waals surface area (Å²) in [5.41, 5.74) is 0. The molecule has 0 aliphatic rings. The molecule has 0 radical (unpaired) electrons. The zero-order valence-electron chi connectivity index (χ0n) is 8.37. The van der Waals surface area contributed by atoms with Crippen molar-refractivity contribution >= 4 is 28.3 Å². The first kappa shape index (κ1) is 13.8. The fourth-order valence-corrected chi connectivity index (χ4v) is 1.14. The number of halogens is 2. The number of hydrogen-bond acceptors (Lipinski definition) is 2. The summed E-state index contributed by atoms with van der Waals surface area (Å²) in [5.74, 6) is 0.921. The summed E-state index contributed by atoms with van der Waals surface area (Å²) in [6, 6.07) is 7.87. The van der Waals surface area contributed by atoms with Crippen LogP contribution >= 0.6 is 28.3 Å². The van der Waals surface area contributed by atoms with Crippen LogP contribution in [0.4, 0.5) is 0 Å². The topological polar surface area (TPSA) is 12.5 Å². The maximum absolute atomic E-state index is 5.51. The Morgan fingerprint density at radius 3 is 2.29 bits per heavy atom. The van der Waals surface area contributed by atoms with E-state index in [1.54, 1.807) is 0 Å². The van der Waals surface area contributed by atoms with Gasteiger partial charge in [0.15, 0.2) is 0 Å². The normalized spacial score (nSPS) is 9.71. The van der Waals surface area contributed by atoms with Crippen molar-refractivity contribution in [2.75, 3.05) is 27.2 Å². The van der Waals surface area contributed by atoms with Gasteiger partial charge in [0.25, 0.3) is 0 Å². The Morgan fingerprint density at radius 2 is 1.79 bits per heavy atom. The van der Waals surface area contributed by atoms with Crippen LogP contribution in [0.1, 0.15) is 0 Å². The molecule has 0 saturated heterocycles. The van der Waals surface area contributed by atoms with E-state index in [9.17, 15) is 0 Å². The standard InChI is InChI=1S/C10H14BrNO.ClH/c1-12(2)7-8-13-10-5-3-9(11)4-6-10;/h3-6H,7-8H2,1-2H3;1H. The molecule has 0 aliphatic carbocycles. The average molecular weight is 281 g/mol. The Bertz CT molecular complexity index is 251. The predicted molar refractivity (Wildman–Crippen MR) is 65.4 cm³/mol. The van der Waals surface area contributed by atoms with E-state index in [1.165, 1.54) is 0 Å². The first-order chi connectivity index (χ1) is 6.18. The molecular formula is C10H15BrClNO. The van der Waals surface area contributed by atoms with Crippen molar-refractivity contribution in [3.05, 3.63) is 28.7 Å². The van der Waals surface area contributed by atoms with Crippen molar-refractivity contribution in [1.29, 1.82) is 0 Å². The smallest absolute Gasteiger partial charge is 0.119 e. The van der Waals surface area contributed by atoms with E-state index in [0.29, 0.717) is 0 Å². The molecule has 0 bridgehead atoms. The fourth-order valence-electron chi connectivity index (χ4n) is 0.877. The van der Waals surface area contributed by atoms with Gasteiger partial charge in [0.2, 0.25) is 0 Å². The first-order valence-corrected chi connectivity index (χ1v) is 5.01.